The Hall–Kier alpha value is -3.42. The molecule has 0 bridgehead atoms. The van der Waals surface area contributed by atoms with Crippen LogP contribution in [0.2, 0.25) is 0 Å². The van der Waals surface area contributed by atoms with Crippen molar-refractivity contribution in [3.63, 3.8) is 0 Å². The second kappa shape index (κ2) is 9.68. The Bertz CT molecular complexity index is 960. The highest BCUT2D eigenvalue weighted by atomic mass is 19.1. The third-order valence-electron chi connectivity index (χ3n) is 4.36. The van der Waals surface area contributed by atoms with Crippen LogP contribution in [-0.2, 0) is 19.4 Å². The van der Waals surface area contributed by atoms with Crippen molar-refractivity contribution in [2.24, 2.45) is 0 Å². The number of hydrogen-bond donors (Lipinski definition) is 1. The number of para-hydroxylation sites is 2. The molecule has 1 heterocycles. The Morgan fingerprint density at radius 3 is 2.76 bits per heavy atom. The summed E-state index contributed by atoms with van der Waals surface area (Å²) in [5.41, 5.74) is 1.88. The van der Waals surface area contributed by atoms with Crippen molar-refractivity contribution in [2.45, 2.75) is 26.4 Å². The van der Waals surface area contributed by atoms with Crippen LogP contribution in [0.4, 0.5) is 14.9 Å². The van der Waals surface area contributed by atoms with Gasteiger partial charge in [0.15, 0.2) is 24.0 Å². The summed E-state index contributed by atoms with van der Waals surface area (Å²) in [5.74, 6) is 0.360. The number of ether oxygens (including phenoxy) is 1. The van der Waals surface area contributed by atoms with Gasteiger partial charge in [-0.25, -0.2) is 9.18 Å². The van der Waals surface area contributed by atoms with E-state index in [9.17, 15) is 9.18 Å². The lowest BCUT2D eigenvalue weighted by atomic mass is 10.1. The van der Waals surface area contributed by atoms with E-state index >= 15 is 0 Å². The molecule has 0 aliphatic heterocycles. The summed E-state index contributed by atoms with van der Waals surface area (Å²) in [5, 5.41) is 6.79. The maximum absolute atomic E-state index is 13.6. The number of benzene rings is 2. The molecule has 0 atom stereocenters. The van der Waals surface area contributed by atoms with Crippen molar-refractivity contribution in [2.75, 3.05) is 18.9 Å². The molecule has 7 nitrogen and oxygen atoms in total. The quantitative estimate of drug-likeness (QED) is 0.619. The molecule has 3 aromatic rings. The van der Waals surface area contributed by atoms with Crippen molar-refractivity contribution in [1.82, 2.24) is 15.0 Å². The molecule has 0 radical (unpaired) electrons. The Morgan fingerprint density at radius 1 is 1.21 bits per heavy atom. The van der Waals surface area contributed by atoms with E-state index in [1.807, 2.05) is 31.2 Å². The zero-order valence-electron chi connectivity index (χ0n) is 16.4. The molecule has 3 rings (SSSR count). The molecule has 0 spiro atoms. The highest BCUT2D eigenvalue weighted by Gasteiger charge is 2.13. The van der Waals surface area contributed by atoms with E-state index in [0.717, 1.165) is 17.7 Å². The van der Waals surface area contributed by atoms with E-state index in [4.69, 9.17) is 9.26 Å². The van der Waals surface area contributed by atoms with Crippen molar-refractivity contribution < 1.29 is 18.4 Å². The van der Waals surface area contributed by atoms with Crippen LogP contribution in [0.5, 0.6) is 5.75 Å². The first-order chi connectivity index (χ1) is 14.1. The van der Waals surface area contributed by atoms with Gasteiger partial charge in [-0.1, -0.05) is 42.4 Å². The van der Waals surface area contributed by atoms with Crippen LogP contribution in [0, 0.1) is 5.82 Å². The van der Waals surface area contributed by atoms with E-state index in [1.54, 1.807) is 24.1 Å². The Kier molecular flexibility index (Phi) is 6.78. The lowest BCUT2D eigenvalue weighted by Crippen LogP contribution is -2.33. The van der Waals surface area contributed by atoms with Crippen LogP contribution in [0.3, 0.4) is 0 Å². The molecule has 152 valence electrons. The second-order valence-electron chi connectivity index (χ2n) is 6.44. The molecule has 1 aromatic heterocycles. The van der Waals surface area contributed by atoms with E-state index in [2.05, 4.69) is 15.5 Å². The summed E-state index contributed by atoms with van der Waals surface area (Å²) >= 11 is 0. The monoisotopic (exact) mass is 398 g/mol. The summed E-state index contributed by atoms with van der Waals surface area (Å²) in [4.78, 5) is 18.2. The minimum absolute atomic E-state index is 0.0297. The molecule has 0 fully saturated rings. The van der Waals surface area contributed by atoms with Gasteiger partial charge in [0.25, 0.3) is 5.89 Å². The summed E-state index contributed by atoms with van der Waals surface area (Å²) in [6, 6.07) is 13.6. The Balaban J connectivity index is 1.48. The van der Waals surface area contributed by atoms with Gasteiger partial charge in [0, 0.05) is 25.7 Å². The molecule has 0 saturated carbocycles. The van der Waals surface area contributed by atoms with Gasteiger partial charge in [-0.15, -0.1) is 0 Å². The topological polar surface area (TPSA) is 80.5 Å². The van der Waals surface area contributed by atoms with Gasteiger partial charge in [0.2, 0.25) is 0 Å². The van der Waals surface area contributed by atoms with Crippen LogP contribution >= 0.6 is 0 Å². The fourth-order valence-corrected chi connectivity index (χ4v) is 2.68. The standard InChI is InChI=1S/C21H23FN4O3/c1-3-15-8-4-6-10-17(15)23-21(27)26(2)13-12-19-24-20(29-25-19)14-28-18-11-7-5-9-16(18)22/h4-11H,3,12-14H2,1-2H3,(H,23,27). The Morgan fingerprint density at radius 2 is 1.97 bits per heavy atom. The van der Waals surface area contributed by atoms with E-state index in [-0.39, 0.29) is 24.3 Å². The van der Waals surface area contributed by atoms with Crippen molar-refractivity contribution >= 4 is 11.7 Å². The SMILES string of the molecule is CCc1ccccc1NC(=O)N(C)CCc1noc(COc2ccccc2F)n1. The minimum atomic E-state index is -0.454. The number of urea groups is 1. The highest BCUT2D eigenvalue weighted by molar-refractivity contribution is 5.90. The summed E-state index contributed by atoms with van der Waals surface area (Å²) in [7, 11) is 1.70. The largest absolute Gasteiger partial charge is 0.481 e. The van der Waals surface area contributed by atoms with Gasteiger partial charge in [-0.3, -0.25) is 0 Å². The number of nitrogens with one attached hydrogen (secondary N) is 1. The molecule has 0 saturated heterocycles. The number of amides is 2. The molecule has 8 heteroatoms. The zero-order chi connectivity index (χ0) is 20.6. The van der Waals surface area contributed by atoms with Gasteiger partial charge in [0.05, 0.1) is 0 Å². The highest BCUT2D eigenvalue weighted by Crippen LogP contribution is 2.17. The number of rotatable bonds is 8. The average molecular weight is 398 g/mol. The number of aryl methyl sites for hydroxylation is 1. The van der Waals surface area contributed by atoms with Crippen LogP contribution < -0.4 is 10.1 Å². The van der Waals surface area contributed by atoms with Gasteiger partial charge < -0.3 is 19.5 Å². The molecule has 0 aliphatic carbocycles. The normalized spacial score (nSPS) is 10.6. The molecular weight excluding hydrogens is 375 g/mol. The lowest BCUT2D eigenvalue weighted by Gasteiger charge is -2.18. The number of hydrogen-bond acceptors (Lipinski definition) is 5. The van der Waals surface area contributed by atoms with Gasteiger partial charge in [0.1, 0.15) is 0 Å². The summed E-state index contributed by atoms with van der Waals surface area (Å²) < 4.78 is 24.0. The summed E-state index contributed by atoms with van der Waals surface area (Å²) in [6.07, 6.45) is 1.25. The van der Waals surface area contributed by atoms with Gasteiger partial charge >= 0.3 is 6.03 Å². The van der Waals surface area contributed by atoms with Gasteiger partial charge in [-0.05, 0) is 30.2 Å². The van der Waals surface area contributed by atoms with Crippen molar-refractivity contribution in [3.05, 3.63) is 71.6 Å². The smallest absolute Gasteiger partial charge is 0.321 e. The number of halogens is 1. The minimum Gasteiger partial charge on any atom is -0.481 e. The predicted octanol–water partition coefficient (Wildman–Crippen LogP) is 4.06. The van der Waals surface area contributed by atoms with E-state index in [1.165, 1.54) is 12.1 Å². The third-order valence-corrected chi connectivity index (χ3v) is 4.36. The first kappa shape index (κ1) is 20.3. The van der Waals surface area contributed by atoms with Crippen molar-refractivity contribution in [3.8, 4) is 5.75 Å². The van der Waals surface area contributed by atoms with E-state index < -0.39 is 5.82 Å². The van der Waals surface area contributed by atoms with Crippen LogP contribution in [0.15, 0.2) is 53.1 Å². The summed E-state index contributed by atoms with van der Waals surface area (Å²) in [6.45, 7) is 2.42. The lowest BCUT2D eigenvalue weighted by molar-refractivity contribution is 0.222. The fourth-order valence-electron chi connectivity index (χ4n) is 2.68. The number of aromatic nitrogens is 2. The molecular formula is C21H23FN4O3. The fraction of sp³-hybridized carbons (Fsp3) is 0.286. The average Bonchev–Trinajstić information content (AvgIpc) is 3.19. The maximum Gasteiger partial charge on any atom is 0.321 e. The number of nitrogens with zero attached hydrogens (tertiary/aromatic N) is 3. The molecule has 2 amide bonds. The van der Waals surface area contributed by atoms with E-state index in [0.29, 0.717) is 18.8 Å². The first-order valence-electron chi connectivity index (χ1n) is 9.35. The predicted molar refractivity (Wildman–Crippen MR) is 106 cm³/mol. The van der Waals surface area contributed by atoms with Gasteiger partial charge in [-0.2, -0.15) is 4.98 Å². The first-order valence-corrected chi connectivity index (χ1v) is 9.35. The molecule has 29 heavy (non-hydrogen) atoms. The van der Waals surface area contributed by atoms with Crippen LogP contribution in [0.1, 0.15) is 24.2 Å². The zero-order valence-corrected chi connectivity index (χ0v) is 16.4. The number of likely N-dealkylation sites (N-methyl/N-ethyl adjacent to an activating group) is 1. The second-order valence-corrected chi connectivity index (χ2v) is 6.44. The number of carbonyl (C=O) groups is 1. The third kappa shape index (κ3) is 5.54. The molecule has 0 unspecified atom stereocenters. The van der Waals surface area contributed by atoms with Crippen LogP contribution in [0.25, 0.3) is 0 Å². The molecule has 1 N–H and O–H groups in total. The number of carbonyl (C=O) groups excluding carboxylic acids is 1. The van der Waals surface area contributed by atoms with Crippen LogP contribution in [-0.4, -0.2) is 34.7 Å². The molecule has 0 aliphatic rings. The van der Waals surface area contributed by atoms with Crippen molar-refractivity contribution in [1.29, 1.82) is 0 Å². The Labute approximate surface area is 168 Å². The maximum atomic E-state index is 13.6. The molecule has 2 aromatic carbocycles. The number of anilines is 1.